The first-order valence-electron chi connectivity index (χ1n) is 3.79. The van der Waals surface area contributed by atoms with E-state index in [1.165, 1.54) is 0 Å². The zero-order valence-electron chi connectivity index (χ0n) is 6.92. The summed E-state index contributed by atoms with van der Waals surface area (Å²) >= 11 is 3.38. The molecular formula is C10H7BrN2. The van der Waals surface area contributed by atoms with Crippen LogP contribution in [-0.4, -0.2) is 6.54 Å². The number of hydrogen-bond acceptors (Lipinski definition) is 1. The molecular weight excluding hydrogens is 228 g/mol. The Kier molecular flexibility index (Phi) is 3.49. The van der Waals surface area contributed by atoms with Crippen molar-refractivity contribution in [1.29, 1.82) is 5.26 Å². The highest BCUT2D eigenvalue weighted by Gasteiger charge is 2.02. The summed E-state index contributed by atoms with van der Waals surface area (Å²) in [6.45, 7) is 7.13. The van der Waals surface area contributed by atoms with Crippen molar-refractivity contribution in [1.82, 2.24) is 0 Å². The minimum atomic E-state index is 0.466. The van der Waals surface area contributed by atoms with Gasteiger partial charge < -0.3 is 4.85 Å². The number of hydrogen-bond donors (Lipinski definition) is 0. The minimum Gasteiger partial charge on any atom is -0.317 e. The van der Waals surface area contributed by atoms with Gasteiger partial charge in [0.2, 0.25) is 6.54 Å². The van der Waals surface area contributed by atoms with Crippen LogP contribution in [0, 0.1) is 17.9 Å². The fraction of sp³-hybridized carbons (Fsp3) is 0.200. The average Bonchev–Trinajstić information content (AvgIpc) is 2.17. The second-order valence-electron chi connectivity index (χ2n) is 2.55. The molecule has 1 aromatic rings. The van der Waals surface area contributed by atoms with Crippen LogP contribution in [0.15, 0.2) is 22.7 Å². The van der Waals surface area contributed by atoms with E-state index in [-0.39, 0.29) is 0 Å². The summed E-state index contributed by atoms with van der Waals surface area (Å²) in [6, 6.07) is 7.49. The highest BCUT2D eigenvalue weighted by atomic mass is 79.9. The standard InChI is InChI=1S/C10H7BrN2/c1-13-5-4-9-6-8(7-12)2-3-10(9)11/h2-3,6H,4-5H2. The van der Waals surface area contributed by atoms with Gasteiger partial charge in [-0.1, -0.05) is 15.9 Å². The van der Waals surface area contributed by atoms with Gasteiger partial charge in [0.05, 0.1) is 11.6 Å². The van der Waals surface area contributed by atoms with E-state index in [2.05, 4.69) is 26.8 Å². The monoisotopic (exact) mass is 234 g/mol. The van der Waals surface area contributed by atoms with Crippen molar-refractivity contribution in [3.63, 3.8) is 0 Å². The van der Waals surface area contributed by atoms with Crippen molar-refractivity contribution in [2.45, 2.75) is 6.42 Å². The van der Waals surface area contributed by atoms with Crippen LogP contribution in [0.25, 0.3) is 4.85 Å². The quantitative estimate of drug-likeness (QED) is 0.724. The van der Waals surface area contributed by atoms with Gasteiger partial charge in [0.15, 0.2) is 0 Å². The fourth-order valence-electron chi connectivity index (χ4n) is 1.01. The fourth-order valence-corrected chi connectivity index (χ4v) is 1.46. The van der Waals surface area contributed by atoms with E-state index in [1.54, 1.807) is 6.07 Å². The Morgan fingerprint density at radius 3 is 2.92 bits per heavy atom. The van der Waals surface area contributed by atoms with E-state index < -0.39 is 0 Å². The lowest BCUT2D eigenvalue weighted by Gasteiger charge is -1.99. The van der Waals surface area contributed by atoms with Crippen molar-refractivity contribution >= 4 is 15.9 Å². The van der Waals surface area contributed by atoms with E-state index in [0.717, 1.165) is 10.0 Å². The van der Waals surface area contributed by atoms with Crippen molar-refractivity contribution in [3.8, 4) is 6.07 Å². The molecule has 0 aliphatic heterocycles. The molecule has 13 heavy (non-hydrogen) atoms. The lowest BCUT2D eigenvalue weighted by Crippen LogP contribution is -1.90. The van der Waals surface area contributed by atoms with E-state index >= 15 is 0 Å². The number of halogens is 1. The molecule has 0 aromatic heterocycles. The van der Waals surface area contributed by atoms with Crippen LogP contribution in [0.1, 0.15) is 11.1 Å². The first kappa shape index (κ1) is 9.77. The highest BCUT2D eigenvalue weighted by molar-refractivity contribution is 9.10. The first-order chi connectivity index (χ1) is 6.27. The molecule has 0 aliphatic rings. The molecule has 3 heteroatoms. The van der Waals surface area contributed by atoms with Crippen LogP contribution < -0.4 is 0 Å². The zero-order chi connectivity index (χ0) is 9.68. The van der Waals surface area contributed by atoms with Gasteiger partial charge in [0, 0.05) is 10.9 Å². The van der Waals surface area contributed by atoms with Gasteiger partial charge in [0.25, 0.3) is 0 Å². The maximum absolute atomic E-state index is 8.65. The maximum Gasteiger partial charge on any atom is 0.218 e. The molecule has 0 N–H and O–H groups in total. The van der Waals surface area contributed by atoms with Crippen molar-refractivity contribution in [2.75, 3.05) is 6.54 Å². The smallest absolute Gasteiger partial charge is 0.218 e. The number of nitriles is 1. The van der Waals surface area contributed by atoms with Crippen LogP contribution in [0.3, 0.4) is 0 Å². The Morgan fingerprint density at radius 1 is 1.54 bits per heavy atom. The lowest BCUT2D eigenvalue weighted by molar-refractivity contribution is 1.07. The third-order valence-electron chi connectivity index (χ3n) is 1.67. The number of nitrogens with zero attached hydrogens (tertiary/aromatic N) is 2. The van der Waals surface area contributed by atoms with Crippen molar-refractivity contribution in [3.05, 3.63) is 45.2 Å². The molecule has 64 valence electrons. The van der Waals surface area contributed by atoms with Crippen LogP contribution in [0.2, 0.25) is 0 Å². The molecule has 0 unspecified atom stereocenters. The van der Waals surface area contributed by atoms with Crippen LogP contribution in [0.5, 0.6) is 0 Å². The molecule has 0 heterocycles. The molecule has 0 fully saturated rings. The summed E-state index contributed by atoms with van der Waals surface area (Å²) in [4.78, 5) is 3.27. The van der Waals surface area contributed by atoms with Gasteiger partial charge in [-0.15, -0.1) is 0 Å². The maximum atomic E-state index is 8.65. The Hall–Kier alpha value is -1.32. The van der Waals surface area contributed by atoms with Crippen molar-refractivity contribution in [2.24, 2.45) is 0 Å². The number of rotatable bonds is 2. The van der Waals surface area contributed by atoms with Crippen LogP contribution in [0.4, 0.5) is 0 Å². The summed E-state index contributed by atoms with van der Waals surface area (Å²) in [5.74, 6) is 0. The molecule has 2 nitrogen and oxygen atoms in total. The Balaban J connectivity index is 2.93. The molecule has 1 rings (SSSR count). The van der Waals surface area contributed by atoms with Crippen LogP contribution >= 0.6 is 15.9 Å². The van der Waals surface area contributed by atoms with Gasteiger partial charge in [-0.05, 0) is 23.8 Å². The first-order valence-corrected chi connectivity index (χ1v) is 4.59. The highest BCUT2D eigenvalue weighted by Crippen LogP contribution is 2.18. The van der Waals surface area contributed by atoms with E-state index in [9.17, 15) is 0 Å². The van der Waals surface area contributed by atoms with Gasteiger partial charge in [-0.2, -0.15) is 5.26 Å². The normalized spacial score (nSPS) is 8.85. The molecule has 0 amide bonds. The third-order valence-corrected chi connectivity index (χ3v) is 2.44. The van der Waals surface area contributed by atoms with Crippen molar-refractivity contribution < 1.29 is 0 Å². The molecule has 0 aliphatic carbocycles. The zero-order valence-corrected chi connectivity index (χ0v) is 8.50. The molecule has 0 bridgehead atoms. The molecule has 1 aromatic carbocycles. The SMILES string of the molecule is [C-]#[N+]CCc1cc(C#N)ccc1Br. The molecule has 0 radical (unpaired) electrons. The largest absolute Gasteiger partial charge is 0.317 e. The van der Waals surface area contributed by atoms with Gasteiger partial charge in [0.1, 0.15) is 0 Å². The third kappa shape index (κ3) is 2.57. The topological polar surface area (TPSA) is 28.1 Å². The Bertz CT molecular complexity index is 385. The number of benzene rings is 1. The lowest BCUT2D eigenvalue weighted by atomic mass is 10.1. The summed E-state index contributed by atoms with van der Waals surface area (Å²) < 4.78 is 0.968. The van der Waals surface area contributed by atoms with Crippen LogP contribution in [-0.2, 0) is 6.42 Å². The Morgan fingerprint density at radius 2 is 2.31 bits per heavy atom. The summed E-state index contributed by atoms with van der Waals surface area (Å²) in [7, 11) is 0. The van der Waals surface area contributed by atoms with E-state index in [4.69, 9.17) is 11.8 Å². The second-order valence-corrected chi connectivity index (χ2v) is 3.40. The summed E-state index contributed by atoms with van der Waals surface area (Å²) in [6.07, 6.45) is 0.694. The molecule has 0 saturated carbocycles. The average molecular weight is 235 g/mol. The second kappa shape index (κ2) is 4.64. The van der Waals surface area contributed by atoms with Gasteiger partial charge >= 0.3 is 0 Å². The minimum absolute atomic E-state index is 0.466. The predicted octanol–water partition coefficient (Wildman–Crippen LogP) is 2.78. The molecule has 0 spiro atoms. The predicted molar refractivity (Wildman–Crippen MR) is 54.0 cm³/mol. The summed E-state index contributed by atoms with van der Waals surface area (Å²) in [5, 5.41) is 8.65. The van der Waals surface area contributed by atoms with Gasteiger partial charge in [-0.3, -0.25) is 0 Å². The molecule has 0 saturated heterocycles. The van der Waals surface area contributed by atoms with E-state index in [0.29, 0.717) is 18.5 Å². The molecule has 0 atom stereocenters. The summed E-state index contributed by atoms with van der Waals surface area (Å²) in [5.41, 5.74) is 1.67. The Labute approximate surface area is 85.8 Å². The van der Waals surface area contributed by atoms with E-state index in [1.807, 2.05) is 12.1 Å². The van der Waals surface area contributed by atoms with Gasteiger partial charge in [-0.25, -0.2) is 6.57 Å².